The Bertz CT molecular complexity index is 95.0. The monoisotopic (exact) mass is 173 g/mol. The van der Waals surface area contributed by atoms with Crippen LogP contribution < -0.4 is 0 Å². The van der Waals surface area contributed by atoms with E-state index in [1.165, 1.54) is 38.2 Å². The van der Waals surface area contributed by atoms with Gasteiger partial charge in [0.05, 0.1) is 0 Å². The lowest BCUT2D eigenvalue weighted by atomic mass is 9.99. The van der Waals surface area contributed by atoms with Crippen molar-refractivity contribution in [1.29, 1.82) is 0 Å². The first-order valence-corrected chi connectivity index (χ1v) is 5.93. The normalized spacial score (nSPS) is 22.4. The van der Waals surface area contributed by atoms with Gasteiger partial charge < -0.3 is 4.90 Å². The molecule has 1 fully saturated rings. The van der Waals surface area contributed by atoms with Crippen LogP contribution in [-0.2, 0) is 0 Å². The van der Waals surface area contributed by atoms with Crippen LogP contribution in [0.15, 0.2) is 0 Å². The van der Waals surface area contributed by atoms with E-state index < -0.39 is 0 Å². The van der Waals surface area contributed by atoms with Crippen LogP contribution in [0, 0.1) is 5.92 Å². The molecule has 0 N–H and O–H groups in total. The second-order valence-electron chi connectivity index (χ2n) is 3.52. The van der Waals surface area contributed by atoms with Crippen molar-refractivity contribution >= 4 is 11.8 Å². The second-order valence-corrected chi connectivity index (χ2v) is 4.50. The molecule has 1 saturated heterocycles. The Hall–Kier alpha value is 0.310. The lowest BCUT2D eigenvalue weighted by Gasteiger charge is -2.29. The molecule has 0 spiro atoms. The van der Waals surface area contributed by atoms with Gasteiger partial charge in [0.1, 0.15) is 0 Å². The molecule has 1 aliphatic heterocycles. The summed E-state index contributed by atoms with van der Waals surface area (Å²) in [6, 6.07) is 0. The summed E-state index contributed by atoms with van der Waals surface area (Å²) in [5, 5.41) is 0. The molecule has 0 aliphatic carbocycles. The molecule has 0 bridgehead atoms. The number of piperidine rings is 1. The Morgan fingerprint density at radius 1 is 1.36 bits per heavy atom. The minimum Gasteiger partial charge on any atom is -0.302 e. The summed E-state index contributed by atoms with van der Waals surface area (Å²) < 4.78 is 0. The maximum atomic E-state index is 2.59. The van der Waals surface area contributed by atoms with E-state index in [1.807, 2.05) is 11.8 Å². The van der Waals surface area contributed by atoms with E-state index in [0.717, 1.165) is 5.92 Å². The van der Waals surface area contributed by atoms with Crippen molar-refractivity contribution in [3.05, 3.63) is 0 Å². The minimum atomic E-state index is 0.973. The lowest BCUT2D eigenvalue weighted by molar-refractivity contribution is 0.203. The zero-order valence-electron chi connectivity index (χ0n) is 7.68. The fourth-order valence-corrected chi connectivity index (χ4v) is 1.95. The van der Waals surface area contributed by atoms with Crippen LogP contribution in [-0.4, -0.2) is 36.5 Å². The summed E-state index contributed by atoms with van der Waals surface area (Å²) in [5.41, 5.74) is 0. The number of thioether (sulfide) groups is 1. The first-order valence-electron chi connectivity index (χ1n) is 4.54. The van der Waals surface area contributed by atoms with Crippen LogP contribution in [0.1, 0.15) is 19.8 Å². The molecule has 0 amide bonds. The van der Waals surface area contributed by atoms with E-state index in [2.05, 4.69) is 18.1 Å². The van der Waals surface area contributed by atoms with Crippen molar-refractivity contribution in [2.45, 2.75) is 19.8 Å². The molecular weight excluding hydrogens is 154 g/mol. The van der Waals surface area contributed by atoms with Gasteiger partial charge in [-0.2, -0.15) is 11.8 Å². The first-order chi connectivity index (χ1) is 5.33. The Labute approximate surface area is 74.5 Å². The van der Waals surface area contributed by atoms with Crippen LogP contribution in [0.5, 0.6) is 0 Å². The van der Waals surface area contributed by atoms with Crippen LogP contribution in [0.4, 0.5) is 0 Å². The topological polar surface area (TPSA) is 3.24 Å². The highest BCUT2D eigenvalue weighted by molar-refractivity contribution is 7.98. The van der Waals surface area contributed by atoms with Crippen molar-refractivity contribution in [2.75, 3.05) is 31.6 Å². The van der Waals surface area contributed by atoms with Crippen molar-refractivity contribution in [2.24, 2.45) is 5.92 Å². The predicted octanol–water partition coefficient (Wildman–Crippen LogP) is 2.08. The summed E-state index contributed by atoms with van der Waals surface area (Å²) in [7, 11) is 0. The molecule has 0 aromatic rings. The van der Waals surface area contributed by atoms with E-state index in [1.54, 1.807) is 0 Å². The SMILES string of the molecule is CSCCN1CCC(C)CC1. The molecule has 0 atom stereocenters. The molecule has 0 aromatic heterocycles. The number of nitrogens with zero attached hydrogens (tertiary/aromatic N) is 1. The van der Waals surface area contributed by atoms with Gasteiger partial charge in [-0.15, -0.1) is 0 Å². The zero-order valence-corrected chi connectivity index (χ0v) is 8.49. The zero-order chi connectivity index (χ0) is 8.10. The van der Waals surface area contributed by atoms with Crippen molar-refractivity contribution in [3.63, 3.8) is 0 Å². The number of hydrogen-bond donors (Lipinski definition) is 0. The highest BCUT2D eigenvalue weighted by atomic mass is 32.2. The van der Waals surface area contributed by atoms with E-state index in [4.69, 9.17) is 0 Å². The quantitative estimate of drug-likeness (QED) is 0.643. The molecule has 11 heavy (non-hydrogen) atoms. The van der Waals surface area contributed by atoms with Crippen molar-refractivity contribution < 1.29 is 0 Å². The van der Waals surface area contributed by atoms with Crippen LogP contribution in [0.3, 0.4) is 0 Å². The molecule has 1 nitrogen and oxygen atoms in total. The maximum absolute atomic E-state index is 2.59. The third kappa shape index (κ3) is 3.48. The van der Waals surface area contributed by atoms with E-state index in [9.17, 15) is 0 Å². The Morgan fingerprint density at radius 2 is 2.00 bits per heavy atom. The Balaban J connectivity index is 2.07. The fraction of sp³-hybridized carbons (Fsp3) is 1.00. The maximum Gasteiger partial charge on any atom is 0.00722 e. The van der Waals surface area contributed by atoms with Gasteiger partial charge in [0.15, 0.2) is 0 Å². The van der Waals surface area contributed by atoms with Crippen LogP contribution in [0.25, 0.3) is 0 Å². The lowest BCUT2D eigenvalue weighted by Crippen LogP contribution is -2.34. The number of rotatable bonds is 3. The first kappa shape index (κ1) is 9.40. The molecule has 1 aliphatic rings. The largest absolute Gasteiger partial charge is 0.302 e. The number of likely N-dealkylation sites (tertiary alicyclic amines) is 1. The average molecular weight is 173 g/mol. The summed E-state index contributed by atoms with van der Waals surface area (Å²) in [6.07, 6.45) is 5.01. The van der Waals surface area contributed by atoms with Gasteiger partial charge in [-0.3, -0.25) is 0 Å². The summed E-state index contributed by atoms with van der Waals surface area (Å²) in [5.74, 6) is 2.27. The third-order valence-electron chi connectivity index (χ3n) is 2.49. The predicted molar refractivity (Wildman–Crippen MR) is 53.2 cm³/mol. The molecule has 0 radical (unpaired) electrons. The highest BCUT2D eigenvalue weighted by Gasteiger charge is 2.14. The molecule has 66 valence electrons. The highest BCUT2D eigenvalue weighted by Crippen LogP contribution is 2.15. The summed E-state index contributed by atoms with van der Waals surface area (Å²) in [6.45, 7) is 6.34. The molecule has 1 heterocycles. The summed E-state index contributed by atoms with van der Waals surface area (Å²) in [4.78, 5) is 2.59. The Morgan fingerprint density at radius 3 is 2.55 bits per heavy atom. The standard InChI is InChI=1S/C9H19NS/c1-9-3-5-10(6-4-9)7-8-11-2/h9H,3-8H2,1-2H3. The fourth-order valence-electron chi connectivity index (χ4n) is 1.51. The number of hydrogen-bond acceptors (Lipinski definition) is 2. The van der Waals surface area contributed by atoms with Gasteiger partial charge in [-0.1, -0.05) is 6.92 Å². The molecule has 0 unspecified atom stereocenters. The van der Waals surface area contributed by atoms with Crippen LogP contribution >= 0.6 is 11.8 Å². The molecule has 2 heteroatoms. The van der Waals surface area contributed by atoms with Crippen molar-refractivity contribution in [3.8, 4) is 0 Å². The van der Waals surface area contributed by atoms with Gasteiger partial charge >= 0.3 is 0 Å². The Kier molecular flexibility index (Phi) is 4.31. The van der Waals surface area contributed by atoms with Crippen molar-refractivity contribution in [1.82, 2.24) is 4.90 Å². The molecule has 0 saturated carbocycles. The summed E-state index contributed by atoms with van der Waals surface area (Å²) >= 11 is 1.95. The van der Waals surface area contributed by atoms with Gasteiger partial charge in [0.25, 0.3) is 0 Å². The van der Waals surface area contributed by atoms with Gasteiger partial charge in [-0.05, 0) is 38.1 Å². The minimum absolute atomic E-state index is 0.973. The van der Waals surface area contributed by atoms with Gasteiger partial charge in [-0.25, -0.2) is 0 Å². The molecular formula is C9H19NS. The van der Waals surface area contributed by atoms with E-state index in [0.29, 0.717) is 0 Å². The van der Waals surface area contributed by atoms with Gasteiger partial charge in [0, 0.05) is 12.3 Å². The van der Waals surface area contributed by atoms with E-state index >= 15 is 0 Å². The molecule has 0 aromatic carbocycles. The van der Waals surface area contributed by atoms with Crippen LogP contribution in [0.2, 0.25) is 0 Å². The average Bonchev–Trinajstić information content (AvgIpc) is 2.04. The molecule has 1 rings (SSSR count). The smallest absolute Gasteiger partial charge is 0.00722 e. The third-order valence-corrected chi connectivity index (χ3v) is 3.08. The van der Waals surface area contributed by atoms with Gasteiger partial charge in [0.2, 0.25) is 0 Å². The second kappa shape index (κ2) is 5.04. The van der Waals surface area contributed by atoms with E-state index in [-0.39, 0.29) is 0 Å².